The maximum atomic E-state index is 12.4. The van der Waals surface area contributed by atoms with Gasteiger partial charge in [0.2, 0.25) is 5.91 Å². The fourth-order valence-electron chi connectivity index (χ4n) is 3.78. The molecule has 2 aromatic rings. The summed E-state index contributed by atoms with van der Waals surface area (Å²) in [5.41, 5.74) is 4.23. The van der Waals surface area contributed by atoms with Crippen LogP contribution in [0, 0.1) is 0 Å². The third-order valence-electron chi connectivity index (χ3n) is 5.43. The van der Waals surface area contributed by atoms with E-state index in [1.165, 1.54) is 4.90 Å². The summed E-state index contributed by atoms with van der Waals surface area (Å²) >= 11 is 0. The summed E-state index contributed by atoms with van der Waals surface area (Å²) in [4.78, 5) is 38.4. The number of aryl methyl sites for hydroxylation is 2. The fraction of sp³-hybridized carbons (Fsp3) is 0.375. The third-order valence-corrected chi connectivity index (χ3v) is 5.43. The highest BCUT2D eigenvalue weighted by atomic mass is 16.2. The fourth-order valence-corrected chi connectivity index (χ4v) is 3.78. The highest BCUT2D eigenvalue weighted by Crippen LogP contribution is 2.24. The number of carbonyl (C=O) groups is 3. The second kappa shape index (κ2) is 9.50. The number of nitrogens with zero attached hydrogens (tertiary/aromatic N) is 1. The zero-order chi connectivity index (χ0) is 20.8. The first kappa shape index (κ1) is 20.8. The Morgan fingerprint density at radius 1 is 0.828 bits per heavy atom. The maximum absolute atomic E-state index is 12.4. The van der Waals surface area contributed by atoms with Crippen molar-refractivity contribution in [3.63, 3.8) is 0 Å². The van der Waals surface area contributed by atoms with Gasteiger partial charge in [-0.1, -0.05) is 50.6 Å². The molecule has 5 nitrogen and oxygen atoms in total. The van der Waals surface area contributed by atoms with Crippen LogP contribution in [0.15, 0.2) is 42.5 Å². The lowest BCUT2D eigenvalue weighted by Crippen LogP contribution is -2.30. The number of carbonyl (C=O) groups excluding carboxylic acids is 3. The molecule has 5 heteroatoms. The lowest BCUT2D eigenvalue weighted by atomic mass is 10.0. The van der Waals surface area contributed by atoms with Gasteiger partial charge in [0.1, 0.15) is 0 Å². The third kappa shape index (κ3) is 4.56. The first-order valence-electron chi connectivity index (χ1n) is 10.4. The number of hydrogen-bond acceptors (Lipinski definition) is 3. The summed E-state index contributed by atoms with van der Waals surface area (Å²) in [7, 11) is 0. The zero-order valence-corrected chi connectivity index (χ0v) is 17.2. The number of rotatable bonds is 9. The molecule has 0 radical (unpaired) electrons. The zero-order valence-electron chi connectivity index (χ0n) is 17.2. The van der Waals surface area contributed by atoms with Crippen molar-refractivity contribution in [3.8, 4) is 0 Å². The van der Waals surface area contributed by atoms with Gasteiger partial charge in [-0.3, -0.25) is 19.3 Å². The number of fused-ring (bicyclic) bond motifs is 1. The summed E-state index contributed by atoms with van der Waals surface area (Å²) in [5, 5.41) is 3.08. The van der Waals surface area contributed by atoms with Crippen molar-refractivity contribution < 1.29 is 14.4 Å². The van der Waals surface area contributed by atoms with E-state index in [0.29, 0.717) is 30.5 Å². The molecule has 0 aliphatic carbocycles. The van der Waals surface area contributed by atoms with Gasteiger partial charge in [0.15, 0.2) is 0 Å². The first-order valence-corrected chi connectivity index (χ1v) is 10.4. The van der Waals surface area contributed by atoms with E-state index in [2.05, 4.69) is 31.3 Å². The van der Waals surface area contributed by atoms with Gasteiger partial charge in [-0.25, -0.2) is 0 Å². The molecule has 0 aromatic heterocycles. The van der Waals surface area contributed by atoms with E-state index in [1.807, 2.05) is 6.07 Å². The van der Waals surface area contributed by atoms with Crippen molar-refractivity contribution >= 4 is 23.4 Å². The van der Waals surface area contributed by atoms with Crippen LogP contribution in [0.25, 0.3) is 0 Å². The maximum Gasteiger partial charge on any atom is 0.261 e. The minimum absolute atomic E-state index is 0.0151. The number of anilines is 1. The molecule has 29 heavy (non-hydrogen) atoms. The van der Waals surface area contributed by atoms with Gasteiger partial charge in [-0.2, -0.15) is 0 Å². The summed E-state index contributed by atoms with van der Waals surface area (Å²) in [6.45, 7) is 4.57. The van der Waals surface area contributed by atoms with Crippen molar-refractivity contribution in [1.82, 2.24) is 4.90 Å². The van der Waals surface area contributed by atoms with Gasteiger partial charge in [-0.15, -0.1) is 0 Å². The second-order valence-electron chi connectivity index (χ2n) is 7.32. The Bertz CT molecular complexity index is 863. The van der Waals surface area contributed by atoms with Gasteiger partial charge in [0.05, 0.1) is 11.1 Å². The Kier molecular flexibility index (Phi) is 6.81. The Morgan fingerprint density at radius 2 is 1.41 bits per heavy atom. The number of amides is 3. The van der Waals surface area contributed by atoms with Crippen LogP contribution in [-0.2, 0) is 17.6 Å². The van der Waals surface area contributed by atoms with Gasteiger partial charge in [0.25, 0.3) is 11.8 Å². The van der Waals surface area contributed by atoms with Crippen molar-refractivity contribution in [2.24, 2.45) is 0 Å². The number of para-hydroxylation sites is 1. The molecule has 3 rings (SSSR count). The van der Waals surface area contributed by atoms with Crippen LogP contribution in [0.5, 0.6) is 0 Å². The lowest BCUT2D eigenvalue weighted by Gasteiger charge is -2.15. The average Bonchev–Trinajstić information content (AvgIpc) is 2.98. The predicted molar refractivity (Wildman–Crippen MR) is 114 cm³/mol. The molecule has 3 amide bonds. The molecule has 1 N–H and O–H groups in total. The SMILES string of the molecule is CCc1cccc(CC)c1NC(=O)CCCCCN1C(=O)c2ccccc2C1=O. The number of hydrogen-bond donors (Lipinski definition) is 1. The Morgan fingerprint density at radius 3 is 1.97 bits per heavy atom. The predicted octanol–water partition coefficient (Wildman–Crippen LogP) is 4.61. The molecule has 1 heterocycles. The number of unbranched alkanes of at least 4 members (excludes halogenated alkanes) is 2. The molecular weight excluding hydrogens is 364 g/mol. The Hall–Kier alpha value is -2.95. The van der Waals surface area contributed by atoms with E-state index >= 15 is 0 Å². The van der Waals surface area contributed by atoms with Crippen LogP contribution < -0.4 is 5.32 Å². The van der Waals surface area contributed by atoms with Gasteiger partial charge in [-0.05, 0) is 48.9 Å². The summed E-state index contributed by atoms with van der Waals surface area (Å²) in [6.07, 6.45) is 4.41. The molecule has 1 aliphatic rings. The van der Waals surface area contributed by atoms with Crippen molar-refractivity contribution in [3.05, 3.63) is 64.7 Å². The van der Waals surface area contributed by atoms with E-state index in [0.717, 1.165) is 42.5 Å². The van der Waals surface area contributed by atoms with Crippen molar-refractivity contribution in [2.45, 2.75) is 52.4 Å². The summed E-state index contributed by atoms with van der Waals surface area (Å²) < 4.78 is 0. The highest BCUT2D eigenvalue weighted by Gasteiger charge is 2.34. The second-order valence-corrected chi connectivity index (χ2v) is 7.32. The summed E-state index contributed by atoms with van der Waals surface area (Å²) in [6, 6.07) is 13.1. The minimum atomic E-state index is -0.216. The van der Waals surface area contributed by atoms with E-state index in [9.17, 15) is 14.4 Å². The number of nitrogens with one attached hydrogen (secondary N) is 1. The smallest absolute Gasteiger partial charge is 0.261 e. The molecule has 0 unspecified atom stereocenters. The van der Waals surface area contributed by atoms with E-state index < -0.39 is 0 Å². The van der Waals surface area contributed by atoms with Gasteiger partial charge in [0, 0.05) is 18.7 Å². The molecule has 0 atom stereocenters. The van der Waals surface area contributed by atoms with Crippen LogP contribution in [0.1, 0.15) is 71.4 Å². The average molecular weight is 392 g/mol. The first-order chi connectivity index (χ1) is 14.1. The van der Waals surface area contributed by atoms with E-state index in [1.54, 1.807) is 24.3 Å². The molecule has 0 spiro atoms. The monoisotopic (exact) mass is 392 g/mol. The van der Waals surface area contributed by atoms with Crippen LogP contribution in [-0.4, -0.2) is 29.2 Å². The molecule has 0 bridgehead atoms. The Balaban J connectivity index is 1.44. The van der Waals surface area contributed by atoms with Gasteiger partial charge < -0.3 is 5.32 Å². The standard InChI is InChI=1S/C24H28N2O3/c1-3-17-11-10-12-18(4-2)22(17)25-21(27)15-6-5-9-16-26-23(28)19-13-7-8-14-20(19)24(26)29/h7-8,10-14H,3-6,9,15-16H2,1-2H3,(H,25,27). The molecule has 0 saturated carbocycles. The largest absolute Gasteiger partial charge is 0.326 e. The van der Waals surface area contributed by atoms with E-state index in [4.69, 9.17) is 0 Å². The molecule has 2 aromatic carbocycles. The molecule has 0 saturated heterocycles. The minimum Gasteiger partial charge on any atom is -0.326 e. The van der Waals surface area contributed by atoms with Gasteiger partial charge >= 0.3 is 0 Å². The number of imide groups is 1. The molecule has 1 aliphatic heterocycles. The lowest BCUT2D eigenvalue weighted by molar-refractivity contribution is -0.116. The molecule has 0 fully saturated rings. The normalized spacial score (nSPS) is 13.0. The van der Waals surface area contributed by atoms with Crippen LogP contribution in [0.2, 0.25) is 0 Å². The number of benzene rings is 2. The quantitative estimate of drug-likeness (QED) is 0.501. The topological polar surface area (TPSA) is 66.5 Å². The van der Waals surface area contributed by atoms with Crippen LogP contribution in [0.3, 0.4) is 0 Å². The summed E-state index contributed by atoms with van der Waals surface area (Å²) in [5.74, 6) is -0.417. The van der Waals surface area contributed by atoms with Crippen molar-refractivity contribution in [2.75, 3.05) is 11.9 Å². The Labute approximate surface area is 172 Å². The highest BCUT2D eigenvalue weighted by molar-refractivity contribution is 6.21. The van der Waals surface area contributed by atoms with Crippen LogP contribution >= 0.6 is 0 Å². The van der Waals surface area contributed by atoms with Crippen LogP contribution in [0.4, 0.5) is 5.69 Å². The molecular formula is C24H28N2O3. The molecule has 152 valence electrons. The van der Waals surface area contributed by atoms with Crippen molar-refractivity contribution in [1.29, 1.82) is 0 Å². The van der Waals surface area contributed by atoms with E-state index in [-0.39, 0.29) is 17.7 Å².